The number of furan rings is 1. The van der Waals surface area contributed by atoms with Gasteiger partial charge in [0.2, 0.25) is 0 Å². The standard InChI is InChI=1S/C11H13NO5/c1-8(2)7-16-11(13)6-4-9-3-5-10(17-9)12(14)15/h3-6,8H,7H2,1-2H3/b6-4-. The number of nitro groups is 1. The summed E-state index contributed by atoms with van der Waals surface area (Å²) in [6.45, 7) is 4.18. The molecule has 0 unspecified atom stereocenters. The number of esters is 1. The Bertz CT molecular complexity index is 433. The highest BCUT2D eigenvalue weighted by atomic mass is 16.6. The van der Waals surface area contributed by atoms with Crippen molar-refractivity contribution >= 4 is 17.9 Å². The summed E-state index contributed by atoms with van der Waals surface area (Å²) in [6, 6.07) is 2.63. The second-order valence-corrected chi connectivity index (χ2v) is 3.79. The van der Waals surface area contributed by atoms with E-state index in [2.05, 4.69) is 0 Å². The van der Waals surface area contributed by atoms with Crippen molar-refractivity contribution in [2.45, 2.75) is 13.8 Å². The Balaban J connectivity index is 2.52. The van der Waals surface area contributed by atoms with Crippen LogP contribution >= 0.6 is 0 Å². The third-order valence-electron chi connectivity index (χ3n) is 1.74. The van der Waals surface area contributed by atoms with Gasteiger partial charge in [-0.2, -0.15) is 0 Å². The van der Waals surface area contributed by atoms with Gasteiger partial charge in [-0.1, -0.05) is 13.8 Å². The van der Waals surface area contributed by atoms with Crippen LogP contribution in [-0.2, 0) is 9.53 Å². The average Bonchev–Trinajstić information content (AvgIpc) is 2.72. The first-order valence-corrected chi connectivity index (χ1v) is 5.08. The fraction of sp³-hybridized carbons (Fsp3) is 0.364. The average molecular weight is 239 g/mol. The van der Waals surface area contributed by atoms with Gasteiger partial charge in [0.25, 0.3) is 0 Å². The molecule has 0 fully saturated rings. The summed E-state index contributed by atoms with van der Waals surface area (Å²) >= 11 is 0. The number of hydrogen-bond acceptors (Lipinski definition) is 5. The maximum atomic E-state index is 11.2. The van der Waals surface area contributed by atoms with Gasteiger partial charge in [-0.05, 0) is 18.1 Å². The normalized spacial score (nSPS) is 11.0. The molecule has 92 valence electrons. The van der Waals surface area contributed by atoms with Gasteiger partial charge in [0.05, 0.1) is 12.7 Å². The summed E-state index contributed by atoms with van der Waals surface area (Å²) in [6.07, 6.45) is 2.50. The molecule has 0 aromatic carbocycles. The first kappa shape index (κ1) is 13.0. The Labute approximate surface area is 98.0 Å². The first-order chi connectivity index (χ1) is 7.99. The minimum absolute atomic E-state index is 0.234. The minimum atomic E-state index is -0.644. The van der Waals surface area contributed by atoms with E-state index in [1.165, 1.54) is 24.3 Å². The molecule has 0 saturated carbocycles. The first-order valence-electron chi connectivity index (χ1n) is 5.08. The molecule has 0 atom stereocenters. The molecule has 0 aliphatic carbocycles. The molecule has 0 saturated heterocycles. The lowest BCUT2D eigenvalue weighted by atomic mass is 10.2. The molecule has 17 heavy (non-hydrogen) atoms. The Morgan fingerprint density at radius 2 is 2.29 bits per heavy atom. The van der Waals surface area contributed by atoms with Crippen LogP contribution < -0.4 is 0 Å². The second kappa shape index (κ2) is 5.83. The molecule has 0 amide bonds. The zero-order valence-corrected chi connectivity index (χ0v) is 9.58. The summed E-state index contributed by atoms with van der Waals surface area (Å²) in [7, 11) is 0. The van der Waals surface area contributed by atoms with Gasteiger partial charge < -0.3 is 9.15 Å². The van der Waals surface area contributed by atoms with Gasteiger partial charge in [0.15, 0.2) is 0 Å². The largest absolute Gasteiger partial charge is 0.462 e. The van der Waals surface area contributed by atoms with E-state index < -0.39 is 10.9 Å². The molecule has 1 rings (SSSR count). The lowest BCUT2D eigenvalue weighted by Crippen LogP contribution is -2.06. The summed E-state index contributed by atoms with van der Waals surface area (Å²) in [5.41, 5.74) is 0. The number of hydrogen-bond donors (Lipinski definition) is 0. The number of carbonyl (C=O) groups is 1. The molecule has 6 heteroatoms. The van der Waals surface area contributed by atoms with Crippen molar-refractivity contribution in [1.29, 1.82) is 0 Å². The second-order valence-electron chi connectivity index (χ2n) is 3.79. The van der Waals surface area contributed by atoms with Crippen LogP contribution in [0, 0.1) is 16.0 Å². The fourth-order valence-electron chi connectivity index (χ4n) is 0.977. The number of ether oxygens (including phenoxy) is 1. The van der Waals surface area contributed by atoms with E-state index in [-0.39, 0.29) is 17.6 Å². The number of rotatable bonds is 5. The zero-order valence-electron chi connectivity index (χ0n) is 9.58. The SMILES string of the molecule is CC(C)COC(=O)/C=C\c1ccc([N+](=O)[O-])o1. The predicted molar refractivity (Wildman–Crippen MR) is 60.2 cm³/mol. The lowest BCUT2D eigenvalue weighted by Gasteiger charge is -2.03. The van der Waals surface area contributed by atoms with E-state index in [4.69, 9.17) is 9.15 Å². The van der Waals surface area contributed by atoms with Crippen molar-refractivity contribution in [2.24, 2.45) is 5.92 Å². The summed E-state index contributed by atoms with van der Waals surface area (Å²) in [4.78, 5) is 20.9. The summed E-state index contributed by atoms with van der Waals surface area (Å²) < 4.78 is 9.71. The molecular weight excluding hydrogens is 226 g/mol. The topological polar surface area (TPSA) is 82.6 Å². The third-order valence-corrected chi connectivity index (χ3v) is 1.74. The van der Waals surface area contributed by atoms with Gasteiger partial charge in [0, 0.05) is 6.08 Å². The third kappa shape index (κ3) is 4.50. The Hall–Kier alpha value is -2.11. The number of nitrogens with zero attached hydrogens (tertiary/aromatic N) is 1. The van der Waals surface area contributed by atoms with Crippen molar-refractivity contribution in [1.82, 2.24) is 0 Å². The highest BCUT2D eigenvalue weighted by Gasteiger charge is 2.10. The van der Waals surface area contributed by atoms with Crippen LogP contribution in [0.25, 0.3) is 6.08 Å². The van der Waals surface area contributed by atoms with Gasteiger partial charge in [0.1, 0.15) is 10.7 Å². The molecular formula is C11H13NO5. The molecule has 0 aliphatic rings. The van der Waals surface area contributed by atoms with Gasteiger partial charge in [-0.15, -0.1) is 0 Å². The lowest BCUT2D eigenvalue weighted by molar-refractivity contribution is -0.402. The van der Waals surface area contributed by atoms with E-state index in [0.717, 1.165) is 0 Å². The highest BCUT2D eigenvalue weighted by Crippen LogP contribution is 2.16. The minimum Gasteiger partial charge on any atom is -0.462 e. The smallest absolute Gasteiger partial charge is 0.433 e. The van der Waals surface area contributed by atoms with Crippen LogP contribution in [0.1, 0.15) is 19.6 Å². The predicted octanol–water partition coefficient (Wildman–Crippen LogP) is 2.40. The highest BCUT2D eigenvalue weighted by molar-refractivity contribution is 5.86. The van der Waals surface area contributed by atoms with Crippen LogP contribution in [0.5, 0.6) is 0 Å². The van der Waals surface area contributed by atoms with Crippen molar-refractivity contribution in [2.75, 3.05) is 6.61 Å². The van der Waals surface area contributed by atoms with Crippen LogP contribution in [0.2, 0.25) is 0 Å². The van der Waals surface area contributed by atoms with Crippen molar-refractivity contribution in [3.05, 3.63) is 34.1 Å². The van der Waals surface area contributed by atoms with Crippen LogP contribution in [0.3, 0.4) is 0 Å². The quantitative estimate of drug-likeness (QED) is 0.341. The van der Waals surface area contributed by atoms with E-state index in [9.17, 15) is 14.9 Å². The number of carbonyl (C=O) groups excluding carboxylic acids is 1. The molecule has 0 N–H and O–H groups in total. The maximum Gasteiger partial charge on any atom is 0.433 e. The van der Waals surface area contributed by atoms with Crippen LogP contribution in [-0.4, -0.2) is 17.5 Å². The monoisotopic (exact) mass is 239 g/mol. The van der Waals surface area contributed by atoms with E-state index in [1.54, 1.807) is 0 Å². The van der Waals surface area contributed by atoms with Crippen LogP contribution in [0.15, 0.2) is 22.6 Å². The molecule has 0 radical (unpaired) electrons. The molecule has 1 heterocycles. The summed E-state index contributed by atoms with van der Waals surface area (Å²) in [5.74, 6) is -0.367. The van der Waals surface area contributed by atoms with Crippen molar-refractivity contribution < 1.29 is 18.9 Å². The maximum absolute atomic E-state index is 11.2. The fourth-order valence-corrected chi connectivity index (χ4v) is 0.977. The van der Waals surface area contributed by atoms with Crippen LogP contribution in [0.4, 0.5) is 5.88 Å². The van der Waals surface area contributed by atoms with Gasteiger partial charge >= 0.3 is 11.9 Å². The van der Waals surface area contributed by atoms with Crippen molar-refractivity contribution in [3.63, 3.8) is 0 Å². The molecule has 6 nitrogen and oxygen atoms in total. The molecule has 0 bridgehead atoms. The Morgan fingerprint density at radius 3 is 2.82 bits per heavy atom. The van der Waals surface area contributed by atoms with E-state index >= 15 is 0 Å². The Kier molecular flexibility index (Phi) is 4.45. The molecule has 0 aliphatic heterocycles. The molecule has 0 spiro atoms. The van der Waals surface area contributed by atoms with E-state index in [0.29, 0.717) is 6.61 Å². The van der Waals surface area contributed by atoms with E-state index in [1.807, 2.05) is 13.8 Å². The zero-order chi connectivity index (χ0) is 12.8. The van der Waals surface area contributed by atoms with Gasteiger partial charge in [-0.3, -0.25) is 10.1 Å². The van der Waals surface area contributed by atoms with Crippen molar-refractivity contribution in [3.8, 4) is 0 Å². The summed E-state index contributed by atoms with van der Waals surface area (Å²) in [5, 5.41) is 10.3. The van der Waals surface area contributed by atoms with Gasteiger partial charge in [-0.25, -0.2) is 4.79 Å². The molecule has 1 aromatic heterocycles. The Morgan fingerprint density at radius 1 is 1.59 bits per heavy atom. The molecule has 1 aromatic rings.